The molecule has 0 bridgehead atoms. The van der Waals surface area contributed by atoms with E-state index in [2.05, 4.69) is 15.4 Å². The zero-order valence-corrected chi connectivity index (χ0v) is 9.36. The van der Waals surface area contributed by atoms with Gasteiger partial charge in [0.15, 0.2) is 5.82 Å². The summed E-state index contributed by atoms with van der Waals surface area (Å²) in [5.74, 6) is 2.46. The van der Waals surface area contributed by atoms with Gasteiger partial charge in [-0.25, -0.2) is 4.98 Å². The normalized spacial score (nSPS) is 18.3. The molecule has 84 valence electrons. The quantitative estimate of drug-likeness (QED) is 0.786. The molecule has 5 nitrogen and oxygen atoms in total. The van der Waals surface area contributed by atoms with Crippen molar-refractivity contribution in [2.45, 2.75) is 25.3 Å². The Morgan fingerprint density at radius 2 is 2.20 bits per heavy atom. The highest BCUT2D eigenvalue weighted by atomic mass is 16.5. The van der Waals surface area contributed by atoms with Crippen LogP contribution in [0.2, 0.25) is 0 Å². The summed E-state index contributed by atoms with van der Waals surface area (Å²) < 4.78 is 7.19. The molecule has 0 atom stereocenters. The van der Waals surface area contributed by atoms with Crippen molar-refractivity contribution in [3.8, 4) is 0 Å². The van der Waals surface area contributed by atoms with Gasteiger partial charge in [0, 0.05) is 26.2 Å². The minimum Gasteiger partial charge on any atom is -0.381 e. The van der Waals surface area contributed by atoms with Crippen molar-refractivity contribution in [1.29, 1.82) is 0 Å². The highest BCUT2D eigenvalue weighted by molar-refractivity contribution is 5.00. The number of aromatic nitrogens is 3. The van der Waals surface area contributed by atoms with Crippen LogP contribution in [0.15, 0.2) is 0 Å². The Kier molecular flexibility index (Phi) is 3.33. The molecule has 0 aromatic carbocycles. The molecule has 1 aliphatic rings. The van der Waals surface area contributed by atoms with Gasteiger partial charge in [0.25, 0.3) is 0 Å². The number of nitrogens with one attached hydrogen (secondary N) is 1. The van der Waals surface area contributed by atoms with E-state index in [0.29, 0.717) is 5.92 Å². The third-order valence-electron chi connectivity index (χ3n) is 2.79. The van der Waals surface area contributed by atoms with E-state index < -0.39 is 0 Å². The van der Waals surface area contributed by atoms with Gasteiger partial charge in [0.2, 0.25) is 0 Å². The lowest BCUT2D eigenvalue weighted by Crippen LogP contribution is -2.15. The Bertz CT molecular complexity index is 317. The van der Waals surface area contributed by atoms with Crippen LogP contribution in [0, 0.1) is 0 Å². The predicted molar refractivity (Wildman–Crippen MR) is 56.6 cm³/mol. The second-order valence-corrected chi connectivity index (χ2v) is 3.93. The van der Waals surface area contributed by atoms with Crippen LogP contribution in [0.25, 0.3) is 0 Å². The zero-order chi connectivity index (χ0) is 10.7. The minimum atomic E-state index is 0.482. The average molecular weight is 210 g/mol. The van der Waals surface area contributed by atoms with E-state index in [0.717, 1.165) is 44.2 Å². The number of aryl methyl sites for hydroxylation is 1. The highest BCUT2D eigenvalue weighted by Crippen LogP contribution is 2.23. The summed E-state index contributed by atoms with van der Waals surface area (Å²) in [5.41, 5.74) is 0. The predicted octanol–water partition coefficient (Wildman–Crippen LogP) is 0.428. The van der Waals surface area contributed by atoms with Gasteiger partial charge in [-0.15, -0.1) is 0 Å². The number of nitrogens with zero attached hydrogens (tertiary/aromatic N) is 3. The molecule has 15 heavy (non-hydrogen) atoms. The molecule has 0 spiro atoms. The lowest BCUT2D eigenvalue weighted by atomic mass is 10.00. The molecular formula is C10H18N4O. The highest BCUT2D eigenvalue weighted by Gasteiger charge is 2.20. The second-order valence-electron chi connectivity index (χ2n) is 3.93. The Hall–Kier alpha value is -0.940. The first-order chi connectivity index (χ1) is 7.31. The first kappa shape index (κ1) is 10.6. The van der Waals surface area contributed by atoms with Gasteiger partial charge < -0.3 is 10.1 Å². The summed E-state index contributed by atoms with van der Waals surface area (Å²) in [5, 5.41) is 7.56. The Labute approximate surface area is 89.8 Å². The molecule has 1 aliphatic heterocycles. The van der Waals surface area contributed by atoms with Crippen molar-refractivity contribution in [3.05, 3.63) is 11.6 Å². The SMILES string of the molecule is CNCc1nc(C2CCOCC2)nn1C. The number of hydrogen-bond donors (Lipinski definition) is 1. The Morgan fingerprint density at radius 3 is 2.87 bits per heavy atom. The van der Waals surface area contributed by atoms with E-state index >= 15 is 0 Å². The maximum absolute atomic E-state index is 5.33. The maximum atomic E-state index is 5.33. The van der Waals surface area contributed by atoms with Crippen molar-refractivity contribution in [2.24, 2.45) is 7.05 Å². The van der Waals surface area contributed by atoms with Crippen molar-refractivity contribution < 1.29 is 4.74 Å². The standard InChI is InChI=1S/C10H18N4O/c1-11-7-9-12-10(13-14(9)2)8-3-5-15-6-4-8/h8,11H,3-7H2,1-2H3. The molecule has 1 fully saturated rings. The van der Waals surface area contributed by atoms with Crippen LogP contribution in [0.1, 0.15) is 30.4 Å². The minimum absolute atomic E-state index is 0.482. The first-order valence-corrected chi connectivity index (χ1v) is 5.43. The molecule has 1 aromatic rings. The molecule has 0 saturated carbocycles. The Balaban J connectivity index is 2.10. The fourth-order valence-electron chi connectivity index (χ4n) is 1.88. The van der Waals surface area contributed by atoms with E-state index in [4.69, 9.17) is 4.74 Å². The topological polar surface area (TPSA) is 52.0 Å². The first-order valence-electron chi connectivity index (χ1n) is 5.43. The van der Waals surface area contributed by atoms with Gasteiger partial charge in [-0.1, -0.05) is 0 Å². The van der Waals surface area contributed by atoms with Crippen LogP contribution in [0.3, 0.4) is 0 Å². The van der Waals surface area contributed by atoms with Crippen LogP contribution in [-0.2, 0) is 18.3 Å². The molecule has 1 N–H and O–H groups in total. The van der Waals surface area contributed by atoms with E-state index in [1.165, 1.54) is 0 Å². The second kappa shape index (κ2) is 4.72. The molecule has 1 saturated heterocycles. The number of ether oxygens (including phenoxy) is 1. The van der Waals surface area contributed by atoms with Crippen molar-refractivity contribution in [3.63, 3.8) is 0 Å². The molecule has 0 aliphatic carbocycles. The third-order valence-corrected chi connectivity index (χ3v) is 2.79. The van der Waals surface area contributed by atoms with Crippen LogP contribution in [0.5, 0.6) is 0 Å². The van der Waals surface area contributed by atoms with E-state index in [1.54, 1.807) is 0 Å². The molecular weight excluding hydrogens is 192 g/mol. The van der Waals surface area contributed by atoms with Gasteiger partial charge in [-0.2, -0.15) is 5.10 Å². The van der Waals surface area contributed by atoms with Crippen molar-refractivity contribution in [2.75, 3.05) is 20.3 Å². The molecule has 0 unspecified atom stereocenters. The van der Waals surface area contributed by atoms with Gasteiger partial charge in [-0.3, -0.25) is 4.68 Å². The van der Waals surface area contributed by atoms with Crippen LogP contribution < -0.4 is 5.32 Å². The zero-order valence-electron chi connectivity index (χ0n) is 9.36. The molecule has 2 rings (SSSR count). The third kappa shape index (κ3) is 2.35. The van der Waals surface area contributed by atoms with Gasteiger partial charge in [0.1, 0.15) is 5.82 Å². The number of hydrogen-bond acceptors (Lipinski definition) is 4. The molecule has 1 aromatic heterocycles. The van der Waals surface area contributed by atoms with Crippen LogP contribution in [0.4, 0.5) is 0 Å². The monoisotopic (exact) mass is 210 g/mol. The summed E-state index contributed by atoms with van der Waals surface area (Å²) in [6, 6.07) is 0. The van der Waals surface area contributed by atoms with Gasteiger partial charge in [0.05, 0.1) is 6.54 Å². The fourth-order valence-corrected chi connectivity index (χ4v) is 1.88. The van der Waals surface area contributed by atoms with Gasteiger partial charge in [-0.05, 0) is 19.9 Å². The molecule has 0 radical (unpaired) electrons. The summed E-state index contributed by atoms with van der Waals surface area (Å²) >= 11 is 0. The number of rotatable bonds is 3. The summed E-state index contributed by atoms with van der Waals surface area (Å²) in [4.78, 5) is 4.56. The lowest BCUT2D eigenvalue weighted by Gasteiger charge is -2.18. The Morgan fingerprint density at radius 1 is 1.47 bits per heavy atom. The largest absolute Gasteiger partial charge is 0.381 e. The van der Waals surface area contributed by atoms with E-state index in [9.17, 15) is 0 Å². The summed E-state index contributed by atoms with van der Waals surface area (Å²) in [6.07, 6.45) is 2.09. The summed E-state index contributed by atoms with van der Waals surface area (Å²) in [7, 11) is 3.87. The van der Waals surface area contributed by atoms with Crippen molar-refractivity contribution in [1.82, 2.24) is 20.1 Å². The molecule has 5 heteroatoms. The van der Waals surface area contributed by atoms with E-state index in [-0.39, 0.29) is 0 Å². The van der Waals surface area contributed by atoms with Gasteiger partial charge >= 0.3 is 0 Å². The van der Waals surface area contributed by atoms with Crippen LogP contribution in [-0.4, -0.2) is 35.0 Å². The summed E-state index contributed by atoms with van der Waals surface area (Å²) in [6.45, 7) is 2.45. The van der Waals surface area contributed by atoms with Crippen molar-refractivity contribution >= 4 is 0 Å². The van der Waals surface area contributed by atoms with E-state index in [1.807, 2.05) is 18.8 Å². The average Bonchev–Trinajstić information content (AvgIpc) is 2.63. The fraction of sp³-hybridized carbons (Fsp3) is 0.800. The lowest BCUT2D eigenvalue weighted by molar-refractivity contribution is 0.0835. The van der Waals surface area contributed by atoms with Crippen LogP contribution >= 0.6 is 0 Å². The smallest absolute Gasteiger partial charge is 0.154 e. The molecule has 0 amide bonds. The maximum Gasteiger partial charge on any atom is 0.154 e. The molecule has 2 heterocycles.